The van der Waals surface area contributed by atoms with Crippen molar-refractivity contribution < 1.29 is 24.3 Å². The van der Waals surface area contributed by atoms with Crippen LogP contribution in [-0.2, 0) is 14.4 Å². The number of carbonyl (C=O) groups is 4. The quantitative estimate of drug-likeness (QED) is 0.609. The molecule has 0 radical (unpaired) electrons. The second-order valence-electron chi connectivity index (χ2n) is 8.49. The Morgan fingerprint density at radius 3 is 2.31 bits per heavy atom. The van der Waals surface area contributed by atoms with E-state index in [0.29, 0.717) is 11.1 Å². The van der Waals surface area contributed by atoms with E-state index in [-0.39, 0.29) is 41.7 Å². The number of imide groups is 1. The zero-order chi connectivity index (χ0) is 25.5. The van der Waals surface area contributed by atoms with Gasteiger partial charge in [0.25, 0.3) is 5.91 Å². The molecule has 180 valence electrons. The van der Waals surface area contributed by atoms with E-state index in [0.717, 1.165) is 4.90 Å². The highest BCUT2D eigenvalue weighted by atomic mass is 35.5. The number of benzene rings is 2. The van der Waals surface area contributed by atoms with Crippen molar-refractivity contribution >= 4 is 52.7 Å². The van der Waals surface area contributed by atoms with Crippen molar-refractivity contribution in [1.82, 2.24) is 9.80 Å². The number of anilines is 1. The molecule has 2 aliphatic heterocycles. The van der Waals surface area contributed by atoms with E-state index in [4.69, 9.17) is 33.6 Å². The van der Waals surface area contributed by atoms with Crippen molar-refractivity contribution in [2.24, 2.45) is 0 Å². The largest absolute Gasteiger partial charge is 0.481 e. The van der Waals surface area contributed by atoms with E-state index < -0.39 is 35.3 Å². The van der Waals surface area contributed by atoms with Crippen LogP contribution in [0.2, 0.25) is 10.0 Å². The third-order valence-corrected chi connectivity index (χ3v) is 6.95. The van der Waals surface area contributed by atoms with Crippen LogP contribution in [0.4, 0.5) is 10.5 Å². The minimum absolute atomic E-state index is 0.0951. The molecule has 2 atom stereocenters. The topological polar surface area (TPSA) is 122 Å². The molecule has 2 fully saturated rings. The Bertz CT molecular complexity index is 1260. The van der Waals surface area contributed by atoms with Crippen LogP contribution in [0.15, 0.2) is 42.5 Å². The molecule has 2 aromatic rings. The predicted octanol–water partition coefficient (Wildman–Crippen LogP) is 3.49. The van der Waals surface area contributed by atoms with E-state index in [1.54, 1.807) is 24.3 Å². The summed E-state index contributed by atoms with van der Waals surface area (Å²) < 4.78 is 0. The average Bonchev–Trinajstić information content (AvgIpc) is 3.30. The van der Waals surface area contributed by atoms with Crippen molar-refractivity contribution in [2.75, 3.05) is 25.0 Å². The third kappa shape index (κ3) is 4.20. The van der Waals surface area contributed by atoms with E-state index in [2.05, 4.69) is 0 Å². The first-order valence-electron chi connectivity index (χ1n) is 10.7. The van der Waals surface area contributed by atoms with Crippen LogP contribution in [-0.4, -0.2) is 64.4 Å². The normalized spacial score (nSPS) is 21.7. The number of amides is 4. The summed E-state index contributed by atoms with van der Waals surface area (Å²) in [5.41, 5.74) is -0.154. The van der Waals surface area contributed by atoms with Crippen LogP contribution in [0.3, 0.4) is 0 Å². The first-order chi connectivity index (χ1) is 16.6. The molecule has 2 heterocycles. The Morgan fingerprint density at radius 1 is 1.11 bits per heavy atom. The van der Waals surface area contributed by atoms with Gasteiger partial charge in [-0.3, -0.25) is 14.4 Å². The molecule has 2 saturated heterocycles. The first-order valence-corrected chi connectivity index (χ1v) is 11.4. The van der Waals surface area contributed by atoms with Crippen molar-refractivity contribution in [3.63, 3.8) is 0 Å². The van der Waals surface area contributed by atoms with Crippen LogP contribution in [0.1, 0.15) is 29.9 Å². The van der Waals surface area contributed by atoms with Gasteiger partial charge in [0.05, 0.1) is 30.3 Å². The number of aliphatic carboxylic acids is 1. The van der Waals surface area contributed by atoms with Crippen molar-refractivity contribution in [1.29, 1.82) is 5.26 Å². The van der Waals surface area contributed by atoms with Crippen LogP contribution < -0.4 is 4.90 Å². The van der Waals surface area contributed by atoms with E-state index in [1.165, 1.54) is 35.0 Å². The second kappa shape index (κ2) is 9.21. The maximum atomic E-state index is 14.0. The summed E-state index contributed by atoms with van der Waals surface area (Å²) in [7, 11) is 1.49. The second-order valence-corrected chi connectivity index (χ2v) is 9.36. The van der Waals surface area contributed by atoms with Gasteiger partial charge in [0.2, 0.25) is 5.91 Å². The molecule has 11 heteroatoms. The Labute approximate surface area is 211 Å². The summed E-state index contributed by atoms with van der Waals surface area (Å²) in [5.74, 6) is -2.71. The number of hydrogen-bond acceptors (Lipinski definition) is 5. The molecule has 1 spiro atoms. The number of likely N-dealkylation sites (tertiary alicyclic amines) is 1. The lowest BCUT2D eigenvalue weighted by Crippen LogP contribution is -2.54. The number of nitriles is 1. The highest BCUT2D eigenvalue weighted by molar-refractivity contribution is 6.35. The highest BCUT2D eigenvalue weighted by Crippen LogP contribution is 2.46. The lowest BCUT2D eigenvalue weighted by atomic mass is 9.80. The Morgan fingerprint density at radius 2 is 1.74 bits per heavy atom. The zero-order valence-electron chi connectivity index (χ0n) is 18.6. The highest BCUT2D eigenvalue weighted by Gasteiger charge is 2.64. The molecule has 0 aromatic heterocycles. The van der Waals surface area contributed by atoms with Gasteiger partial charge in [-0.2, -0.15) is 5.26 Å². The number of likely N-dealkylation sites (N-methyl/N-ethyl adjacent to an activating group) is 1. The lowest BCUT2D eigenvalue weighted by Gasteiger charge is -2.33. The Balaban J connectivity index is 1.79. The van der Waals surface area contributed by atoms with Gasteiger partial charge in [-0.1, -0.05) is 35.3 Å². The Hall–Kier alpha value is -3.61. The van der Waals surface area contributed by atoms with Gasteiger partial charge < -0.3 is 14.9 Å². The summed E-state index contributed by atoms with van der Waals surface area (Å²) in [6.45, 7) is -0.0140. The van der Waals surface area contributed by atoms with Gasteiger partial charge in [-0.25, -0.2) is 9.69 Å². The predicted molar refractivity (Wildman–Crippen MR) is 127 cm³/mol. The van der Waals surface area contributed by atoms with Crippen LogP contribution in [0.5, 0.6) is 0 Å². The van der Waals surface area contributed by atoms with Crippen molar-refractivity contribution in [2.45, 2.75) is 24.3 Å². The molecule has 2 aliphatic rings. The lowest BCUT2D eigenvalue weighted by molar-refractivity contribution is -0.140. The molecule has 4 rings (SSSR count). The fraction of sp³-hybridized carbons (Fsp3) is 0.292. The third-order valence-electron chi connectivity index (χ3n) is 6.51. The minimum Gasteiger partial charge on any atom is -0.481 e. The zero-order valence-corrected chi connectivity index (χ0v) is 20.1. The van der Waals surface area contributed by atoms with Gasteiger partial charge in [0.1, 0.15) is 5.54 Å². The number of carbonyl (C=O) groups excluding carboxylic acids is 3. The molecule has 1 N–H and O–H groups in total. The summed E-state index contributed by atoms with van der Waals surface area (Å²) >= 11 is 12.2. The molecule has 0 unspecified atom stereocenters. The number of urea groups is 1. The van der Waals surface area contributed by atoms with Crippen LogP contribution in [0.25, 0.3) is 0 Å². The maximum absolute atomic E-state index is 14.0. The van der Waals surface area contributed by atoms with Crippen LogP contribution >= 0.6 is 23.2 Å². The molecule has 35 heavy (non-hydrogen) atoms. The fourth-order valence-corrected chi connectivity index (χ4v) is 5.28. The van der Waals surface area contributed by atoms with Gasteiger partial charge in [0, 0.05) is 36.0 Å². The smallest absolute Gasteiger partial charge is 0.332 e. The first kappa shape index (κ1) is 24.5. The monoisotopic (exact) mass is 514 g/mol. The van der Waals surface area contributed by atoms with E-state index in [1.807, 2.05) is 6.07 Å². The summed E-state index contributed by atoms with van der Waals surface area (Å²) in [5, 5.41) is 18.6. The fourth-order valence-electron chi connectivity index (χ4n) is 4.77. The van der Waals surface area contributed by atoms with E-state index >= 15 is 0 Å². The SMILES string of the molecule is CN1C(=O)N(c2cc(Cl)cc(Cl)c2)C(=O)[C@]12CN(C(=O)CCC(=O)O)C[C@@H]2c1ccc(C#N)cc1. The summed E-state index contributed by atoms with van der Waals surface area (Å²) in [6.07, 6.45) is -0.579. The number of carboxylic acids is 1. The molecule has 9 nitrogen and oxygen atoms in total. The summed E-state index contributed by atoms with van der Waals surface area (Å²) in [6, 6.07) is 12.4. The molecule has 0 aliphatic carbocycles. The standard InChI is InChI=1S/C24H20Cl2N4O5/c1-28-23(35)30(18-9-16(25)8-17(26)10-18)22(34)24(28)13-29(20(31)6-7-21(32)33)12-19(24)15-4-2-14(11-27)3-5-15/h2-5,8-10,19H,6-7,12-13H2,1H3,(H,32,33)/t19-,24-/m1/s1. The maximum Gasteiger partial charge on any atom is 0.332 e. The minimum atomic E-state index is -1.45. The molecular weight excluding hydrogens is 495 g/mol. The average molecular weight is 515 g/mol. The molecule has 4 amide bonds. The van der Waals surface area contributed by atoms with Crippen molar-refractivity contribution in [3.8, 4) is 6.07 Å². The molecule has 0 bridgehead atoms. The molecule has 2 aromatic carbocycles. The summed E-state index contributed by atoms with van der Waals surface area (Å²) in [4.78, 5) is 55.0. The van der Waals surface area contributed by atoms with Gasteiger partial charge in [-0.05, 0) is 35.9 Å². The molecule has 0 saturated carbocycles. The Kier molecular flexibility index (Phi) is 6.45. The number of nitrogens with zero attached hydrogens (tertiary/aromatic N) is 4. The van der Waals surface area contributed by atoms with Gasteiger partial charge in [0.15, 0.2) is 0 Å². The van der Waals surface area contributed by atoms with Gasteiger partial charge >= 0.3 is 12.0 Å². The number of hydrogen-bond donors (Lipinski definition) is 1. The van der Waals surface area contributed by atoms with Crippen LogP contribution in [0, 0.1) is 11.3 Å². The van der Waals surface area contributed by atoms with Gasteiger partial charge in [-0.15, -0.1) is 0 Å². The number of carboxylic acid groups (broad SMARTS) is 1. The number of rotatable bonds is 5. The van der Waals surface area contributed by atoms with Crippen molar-refractivity contribution in [3.05, 3.63) is 63.6 Å². The molecular formula is C24H20Cl2N4O5. The van der Waals surface area contributed by atoms with E-state index in [9.17, 15) is 19.2 Å². The number of halogens is 2.